The maximum atomic E-state index is 12.6. The Balaban J connectivity index is 2.36. The molecule has 0 spiro atoms. The van der Waals surface area contributed by atoms with E-state index >= 15 is 0 Å². The van der Waals surface area contributed by atoms with Crippen molar-refractivity contribution in [1.82, 2.24) is 0 Å². The number of benzene rings is 2. The van der Waals surface area contributed by atoms with Gasteiger partial charge >= 0.3 is 11.9 Å². The van der Waals surface area contributed by atoms with Crippen LogP contribution in [0.3, 0.4) is 0 Å². The molecule has 0 saturated heterocycles. The van der Waals surface area contributed by atoms with Gasteiger partial charge in [-0.1, -0.05) is 24.3 Å². The maximum Gasteiger partial charge on any atom is 0.343 e. The molecule has 7 heteroatoms. The SMILES string of the molecule is COC(=O)C(=Cc1ccc(O)cc1)C(=O)Nc1ccccc1C(=O)OC. The van der Waals surface area contributed by atoms with Crippen LogP contribution < -0.4 is 5.32 Å². The summed E-state index contributed by atoms with van der Waals surface area (Å²) in [7, 11) is 2.38. The fraction of sp³-hybridized carbons (Fsp3) is 0.105. The molecule has 0 aliphatic heterocycles. The first-order valence-electron chi connectivity index (χ1n) is 7.54. The fourth-order valence-corrected chi connectivity index (χ4v) is 2.13. The van der Waals surface area contributed by atoms with Crippen LogP contribution in [0.4, 0.5) is 5.69 Å². The topological polar surface area (TPSA) is 102 Å². The van der Waals surface area contributed by atoms with E-state index < -0.39 is 17.8 Å². The number of amides is 1. The number of anilines is 1. The lowest BCUT2D eigenvalue weighted by Crippen LogP contribution is -2.22. The van der Waals surface area contributed by atoms with E-state index in [4.69, 9.17) is 0 Å². The number of carbonyl (C=O) groups is 3. The van der Waals surface area contributed by atoms with Crippen LogP contribution in [0.15, 0.2) is 54.1 Å². The number of hydrogen-bond acceptors (Lipinski definition) is 6. The summed E-state index contributed by atoms with van der Waals surface area (Å²) >= 11 is 0. The molecule has 7 nitrogen and oxygen atoms in total. The van der Waals surface area contributed by atoms with Crippen LogP contribution >= 0.6 is 0 Å². The van der Waals surface area contributed by atoms with Crippen molar-refractivity contribution in [2.45, 2.75) is 0 Å². The van der Waals surface area contributed by atoms with Gasteiger partial charge in [-0.15, -0.1) is 0 Å². The molecule has 0 bridgehead atoms. The zero-order chi connectivity index (χ0) is 19.1. The van der Waals surface area contributed by atoms with E-state index in [-0.39, 0.29) is 22.6 Å². The smallest absolute Gasteiger partial charge is 0.343 e. The molecule has 2 rings (SSSR count). The molecule has 0 aliphatic carbocycles. The lowest BCUT2D eigenvalue weighted by molar-refractivity contribution is -0.137. The number of esters is 2. The molecule has 0 fully saturated rings. The van der Waals surface area contributed by atoms with Gasteiger partial charge in [0.2, 0.25) is 0 Å². The first-order valence-corrected chi connectivity index (χ1v) is 7.54. The second-order valence-electron chi connectivity index (χ2n) is 5.13. The van der Waals surface area contributed by atoms with Gasteiger partial charge in [-0.25, -0.2) is 9.59 Å². The van der Waals surface area contributed by atoms with Crippen molar-refractivity contribution >= 4 is 29.6 Å². The van der Waals surface area contributed by atoms with Crippen LogP contribution in [-0.2, 0) is 19.1 Å². The Bertz CT molecular complexity index is 855. The van der Waals surface area contributed by atoms with Crippen LogP contribution in [0.1, 0.15) is 15.9 Å². The van der Waals surface area contributed by atoms with Crippen molar-refractivity contribution in [2.75, 3.05) is 19.5 Å². The number of nitrogens with one attached hydrogen (secondary N) is 1. The average molecular weight is 355 g/mol. The number of phenolic OH excluding ortho intramolecular Hbond substituents is 1. The predicted molar refractivity (Wildman–Crippen MR) is 94.5 cm³/mol. The number of hydrogen-bond donors (Lipinski definition) is 2. The van der Waals surface area contributed by atoms with Gasteiger partial charge in [0.25, 0.3) is 5.91 Å². The first-order chi connectivity index (χ1) is 12.5. The zero-order valence-corrected chi connectivity index (χ0v) is 14.2. The zero-order valence-electron chi connectivity index (χ0n) is 14.2. The van der Waals surface area contributed by atoms with Crippen molar-refractivity contribution in [3.05, 3.63) is 65.2 Å². The third kappa shape index (κ3) is 4.47. The molecule has 0 heterocycles. The van der Waals surface area contributed by atoms with Crippen LogP contribution in [0, 0.1) is 0 Å². The third-order valence-electron chi connectivity index (χ3n) is 3.43. The minimum atomic E-state index is -0.842. The van der Waals surface area contributed by atoms with Crippen LogP contribution in [0.2, 0.25) is 0 Å². The van der Waals surface area contributed by atoms with E-state index in [0.29, 0.717) is 5.56 Å². The van der Waals surface area contributed by atoms with Gasteiger partial charge in [-0.05, 0) is 35.9 Å². The van der Waals surface area contributed by atoms with Crippen molar-refractivity contribution < 1.29 is 29.0 Å². The van der Waals surface area contributed by atoms with Crippen LogP contribution in [0.5, 0.6) is 5.75 Å². The Morgan fingerprint density at radius 1 is 0.962 bits per heavy atom. The number of carbonyl (C=O) groups excluding carboxylic acids is 3. The summed E-state index contributed by atoms with van der Waals surface area (Å²) in [4.78, 5) is 36.4. The molecule has 134 valence electrons. The monoisotopic (exact) mass is 355 g/mol. The van der Waals surface area contributed by atoms with E-state index in [1.165, 1.54) is 49.6 Å². The summed E-state index contributed by atoms with van der Waals surface area (Å²) in [6.07, 6.45) is 1.32. The number of ether oxygens (including phenoxy) is 2. The van der Waals surface area contributed by atoms with Gasteiger partial charge in [0.15, 0.2) is 0 Å². The molecule has 0 atom stereocenters. The molecule has 0 radical (unpaired) electrons. The summed E-state index contributed by atoms with van der Waals surface area (Å²) in [5.74, 6) is -2.16. The third-order valence-corrected chi connectivity index (χ3v) is 3.43. The van der Waals surface area contributed by atoms with Crippen molar-refractivity contribution in [1.29, 1.82) is 0 Å². The normalized spacial score (nSPS) is 10.8. The highest BCUT2D eigenvalue weighted by Gasteiger charge is 2.21. The van der Waals surface area contributed by atoms with Gasteiger partial charge in [0.1, 0.15) is 11.3 Å². The van der Waals surface area contributed by atoms with Crippen molar-refractivity contribution in [3.8, 4) is 5.75 Å². The molecular formula is C19H17NO6. The number of para-hydroxylation sites is 1. The number of phenols is 1. The molecule has 1 amide bonds. The summed E-state index contributed by atoms with van der Waals surface area (Å²) in [5, 5.41) is 11.8. The summed E-state index contributed by atoms with van der Waals surface area (Å²) in [6.45, 7) is 0. The van der Waals surface area contributed by atoms with E-state index in [1.54, 1.807) is 12.1 Å². The van der Waals surface area contributed by atoms with E-state index in [1.807, 2.05) is 0 Å². The van der Waals surface area contributed by atoms with Gasteiger partial charge in [0, 0.05) is 0 Å². The molecule has 0 aromatic heterocycles. The Hall–Kier alpha value is -3.61. The minimum Gasteiger partial charge on any atom is -0.508 e. The second kappa shape index (κ2) is 8.48. The largest absolute Gasteiger partial charge is 0.508 e. The highest BCUT2D eigenvalue weighted by molar-refractivity contribution is 6.24. The maximum absolute atomic E-state index is 12.6. The summed E-state index contributed by atoms with van der Waals surface area (Å²) in [5.41, 5.74) is 0.597. The fourth-order valence-electron chi connectivity index (χ4n) is 2.13. The minimum absolute atomic E-state index is 0.0539. The Kier molecular flexibility index (Phi) is 6.10. The first kappa shape index (κ1) is 18.7. The molecule has 26 heavy (non-hydrogen) atoms. The summed E-state index contributed by atoms with van der Waals surface area (Å²) in [6, 6.07) is 12.2. The molecule has 2 aromatic rings. The Morgan fingerprint density at radius 3 is 2.23 bits per heavy atom. The predicted octanol–water partition coefficient (Wildman–Crippen LogP) is 2.37. The van der Waals surface area contributed by atoms with Crippen LogP contribution in [0.25, 0.3) is 6.08 Å². The van der Waals surface area contributed by atoms with E-state index in [2.05, 4.69) is 14.8 Å². The van der Waals surface area contributed by atoms with E-state index in [0.717, 1.165) is 7.11 Å². The molecule has 0 aliphatic rings. The van der Waals surface area contributed by atoms with Gasteiger partial charge < -0.3 is 19.9 Å². The molecule has 0 saturated carbocycles. The number of methoxy groups -OCH3 is 2. The highest BCUT2D eigenvalue weighted by Crippen LogP contribution is 2.19. The van der Waals surface area contributed by atoms with Crippen molar-refractivity contribution in [2.24, 2.45) is 0 Å². The molecular weight excluding hydrogens is 338 g/mol. The van der Waals surface area contributed by atoms with Gasteiger partial charge in [-0.3, -0.25) is 4.79 Å². The average Bonchev–Trinajstić information content (AvgIpc) is 2.66. The van der Waals surface area contributed by atoms with E-state index in [9.17, 15) is 19.5 Å². The van der Waals surface area contributed by atoms with Gasteiger partial charge in [0.05, 0.1) is 25.5 Å². The number of aromatic hydroxyl groups is 1. The molecule has 2 aromatic carbocycles. The standard InChI is InChI=1S/C19H17NO6/c1-25-18(23)14-5-3-4-6-16(14)20-17(22)15(19(24)26-2)11-12-7-9-13(21)10-8-12/h3-11,21H,1-2H3,(H,20,22). The summed E-state index contributed by atoms with van der Waals surface area (Å²) < 4.78 is 9.33. The highest BCUT2D eigenvalue weighted by atomic mass is 16.5. The Labute approximate surface area is 149 Å². The quantitative estimate of drug-likeness (QED) is 0.369. The Morgan fingerprint density at radius 2 is 1.62 bits per heavy atom. The second-order valence-corrected chi connectivity index (χ2v) is 5.13. The van der Waals surface area contributed by atoms with Crippen molar-refractivity contribution in [3.63, 3.8) is 0 Å². The van der Waals surface area contributed by atoms with Gasteiger partial charge in [-0.2, -0.15) is 0 Å². The lowest BCUT2D eigenvalue weighted by atomic mass is 10.1. The number of rotatable bonds is 5. The van der Waals surface area contributed by atoms with Crippen LogP contribution in [-0.4, -0.2) is 37.2 Å². The molecule has 2 N–H and O–H groups in total. The molecule has 0 unspecified atom stereocenters. The lowest BCUT2D eigenvalue weighted by Gasteiger charge is -2.11.